The Morgan fingerprint density at radius 1 is 1.00 bits per heavy atom. The molecule has 1 heterocycles. The van der Waals surface area contributed by atoms with Crippen LogP contribution in [0.2, 0.25) is 5.02 Å². The summed E-state index contributed by atoms with van der Waals surface area (Å²) < 4.78 is 11.1. The normalized spacial score (nSPS) is 10.9. The van der Waals surface area contributed by atoms with Gasteiger partial charge in [0, 0.05) is 11.1 Å². The number of hydrogen-bond donors (Lipinski definition) is 0. The maximum Gasteiger partial charge on any atom is 0.227 e. The molecule has 24 heavy (non-hydrogen) atoms. The molecule has 3 nitrogen and oxygen atoms in total. The number of aryl methyl sites for hydroxylation is 1. The molecule has 4 heteroatoms. The molecule has 0 aliphatic rings. The first-order chi connectivity index (χ1) is 11.6. The highest BCUT2D eigenvalue weighted by Crippen LogP contribution is 2.25. The summed E-state index contributed by atoms with van der Waals surface area (Å²) in [6.07, 6.45) is 4.94. The van der Waals surface area contributed by atoms with Crippen molar-refractivity contribution in [1.82, 2.24) is 0 Å². The van der Waals surface area contributed by atoms with Crippen LogP contribution in [0.3, 0.4) is 0 Å². The molecule has 3 aromatic rings. The summed E-state index contributed by atoms with van der Waals surface area (Å²) in [5.74, 6) is 1.17. The van der Waals surface area contributed by atoms with Crippen molar-refractivity contribution in [2.45, 2.75) is 6.92 Å². The van der Waals surface area contributed by atoms with E-state index in [9.17, 15) is 4.79 Å². The van der Waals surface area contributed by atoms with Gasteiger partial charge in [0.2, 0.25) is 11.2 Å². The van der Waals surface area contributed by atoms with E-state index in [1.807, 2.05) is 43.3 Å². The van der Waals surface area contributed by atoms with Crippen molar-refractivity contribution < 1.29 is 9.15 Å². The lowest BCUT2D eigenvalue weighted by Crippen LogP contribution is -2.03. The summed E-state index contributed by atoms with van der Waals surface area (Å²) in [7, 11) is 0. The molecule has 3 rings (SSSR count). The number of benzene rings is 2. The zero-order valence-corrected chi connectivity index (χ0v) is 13.8. The standard InChI is InChI=1S/C20H15ClO3/c1-14-11-16(21)8-10-19(14)24-20-13-23-17(12-18(20)22)9-7-15-5-3-2-4-6-15/h2-13H,1H3. The van der Waals surface area contributed by atoms with Gasteiger partial charge in [-0.3, -0.25) is 4.79 Å². The van der Waals surface area contributed by atoms with E-state index in [2.05, 4.69) is 0 Å². The molecule has 0 bridgehead atoms. The van der Waals surface area contributed by atoms with Gasteiger partial charge in [0.25, 0.3) is 0 Å². The topological polar surface area (TPSA) is 39.4 Å². The summed E-state index contributed by atoms with van der Waals surface area (Å²) in [4.78, 5) is 12.2. The quantitative estimate of drug-likeness (QED) is 0.624. The van der Waals surface area contributed by atoms with Crippen LogP contribution in [0.25, 0.3) is 12.2 Å². The minimum Gasteiger partial charge on any atom is -0.461 e. The molecular formula is C20H15ClO3. The van der Waals surface area contributed by atoms with Gasteiger partial charge in [-0.1, -0.05) is 48.0 Å². The second kappa shape index (κ2) is 7.20. The van der Waals surface area contributed by atoms with E-state index in [0.717, 1.165) is 11.1 Å². The highest BCUT2D eigenvalue weighted by Gasteiger charge is 2.07. The third kappa shape index (κ3) is 3.94. The van der Waals surface area contributed by atoms with Crippen molar-refractivity contribution >= 4 is 23.8 Å². The number of hydrogen-bond acceptors (Lipinski definition) is 3. The van der Waals surface area contributed by atoms with Gasteiger partial charge in [-0.15, -0.1) is 0 Å². The minimum atomic E-state index is -0.247. The fraction of sp³-hybridized carbons (Fsp3) is 0.0500. The first kappa shape index (κ1) is 16.1. The maximum atomic E-state index is 12.2. The first-order valence-corrected chi connectivity index (χ1v) is 7.79. The van der Waals surface area contributed by atoms with Gasteiger partial charge in [-0.05, 0) is 42.3 Å². The minimum absolute atomic E-state index is 0.136. The third-order valence-electron chi connectivity index (χ3n) is 3.41. The smallest absolute Gasteiger partial charge is 0.227 e. The van der Waals surface area contributed by atoms with Gasteiger partial charge in [-0.2, -0.15) is 0 Å². The fourth-order valence-corrected chi connectivity index (χ4v) is 2.39. The van der Waals surface area contributed by atoms with Gasteiger partial charge >= 0.3 is 0 Å². The zero-order valence-electron chi connectivity index (χ0n) is 13.0. The van der Waals surface area contributed by atoms with Crippen LogP contribution in [0, 0.1) is 6.92 Å². The van der Waals surface area contributed by atoms with Crippen molar-refractivity contribution in [3.8, 4) is 11.5 Å². The molecule has 0 unspecified atom stereocenters. The summed E-state index contributed by atoms with van der Waals surface area (Å²) in [6, 6.07) is 16.4. The second-order valence-electron chi connectivity index (χ2n) is 5.27. The van der Waals surface area contributed by atoms with E-state index in [1.165, 1.54) is 12.3 Å². The molecule has 0 saturated heterocycles. The molecule has 0 atom stereocenters. The Bertz CT molecular complexity index is 927. The molecule has 2 aromatic carbocycles. The maximum absolute atomic E-state index is 12.2. The van der Waals surface area contributed by atoms with Crippen molar-refractivity contribution in [2.75, 3.05) is 0 Å². The zero-order chi connectivity index (χ0) is 16.9. The molecule has 0 N–H and O–H groups in total. The van der Waals surface area contributed by atoms with E-state index in [-0.39, 0.29) is 11.2 Å². The SMILES string of the molecule is Cc1cc(Cl)ccc1Oc1coc(C=Cc2ccccc2)cc1=O. The highest BCUT2D eigenvalue weighted by molar-refractivity contribution is 6.30. The Balaban J connectivity index is 1.80. The molecule has 0 saturated carbocycles. The predicted molar refractivity (Wildman–Crippen MR) is 96.6 cm³/mol. The average molecular weight is 339 g/mol. The lowest BCUT2D eigenvalue weighted by Gasteiger charge is -2.07. The fourth-order valence-electron chi connectivity index (χ4n) is 2.16. The molecule has 1 aromatic heterocycles. The van der Waals surface area contributed by atoms with Crippen molar-refractivity contribution in [2.24, 2.45) is 0 Å². The van der Waals surface area contributed by atoms with Gasteiger partial charge in [-0.25, -0.2) is 0 Å². The molecule has 0 amide bonds. The van der Waals surface area contributed by atoms with Crippen LogP contribution < -0.4 is 10.2 Å². The van der Waals surface area contributed by atoms with Crippen LogP contribution in [0.4, 0.5) is 0 Å². The van der Waals surface area contributed by atoms with Crippen LogP contribution >= 0.6 is 11.6 Å². The largest absolute Gasteiger partial charge is 0.461 e. The Kier molecular flexibility index (Phi) is 4.82. The summed E-state index contributed by atoms with van der Waals surface area (Å²) >= 11 is 5.91. The Hall–Kier alpha value is -2.78. The molecule has 0 aliphatic heterocycles. The molecule has 0 aliphatic carbocycles. The third-order valence-corrected chi connectivity index (χ3v) is 3.65. The van der Waals surface area contributed by atoms with E-state index in [1.54, 1.807) is 24.3 Å². The van der Waals surface area contributed by atoms with E-state index < -0.39 is 0 Å². The lowest BCUT2D eigenvalue weighted by atomic mass is 10.2. The van der Waals surface area contributed by atoms with Crippen LogP contribution in [-0.4, -0.2) is 0 Å². The van der Waals surface area contributed by atoms with E-state index >= 15 is 0 Å². The Morgan fingerprint density at radius 3 is 2.50 bits per heavy atom. The number of ether oxygens (including phenoxy) is 1. The second-order valence-corrected chi connectivity index (χ2v) is 5.70. The average Bonchev–Trinajstić information content (AvgIpc) is 2.58. The van der Waals surface area contributed by atoms with Crippen LogP contribution in [0.1, 0.15) is 16.9 Å². The number of halogens is 1. The van der Waals surface area contributed by atoms with Gasteiger partial charge < -0.3 is 9.15 Å². The van der Waals surface area contributed by atoms with E-state index in [0.29, 0.717) is 16.5 Å². The number of rotatable bonds is 4. The van der Waals surface area contributed by atoms with Gasteiger partial charge in [0.1, 0.15) is 17.8 Å². The molecule has 0 fully saturated rings. The predicted octanol–water partition coefficient (Wildman–Crippen LogP) is 5.56. The van der Waals surface area contributed by atoms with Crippen LogP contribution in [0.15, 0.2) is 70.1 Å². The Morgan fingerprint density at radius 2 is 1.79 bits per heavy atom. The molecule has 0 spiro atoms. The first-order valence-electron chi connectivity index (χ1n) is 7.42. The highest BCUT2D eigenvalue weighted by atomic mass is 35.5. The van der Waals surface area contributed by atoms with Crippen LogP contribution in [-0.2, 0) is 0 Å². The Labute approximate surface area is 144 Å². The van der Waals surface area contributed by atoms with Crippen molar-refractivity contribution in [1.29, 1.82) is 0 Å². The lowest BCUT2D eigenvalue weighted by molar-refractivity contribution is 0.433. The summed E-state index contributed by atoms with van der Waals surface area (Å²) in [6.45, 7) is 1.86. The van der Waals surface area contributed by atoms with Crippen molar-refractivity contribution in [3.05, 3.63) is 93.0 Å². The van der Waals surface area contributed by atoms with Gasteiger partial charge in [0.15, 0.2) is 0 Å². The van der Waals surface area contributed by atoms with Gasteiger partial charge in [0.05, 0.1) is 0 Å². The molecule has 120 valence electrons. The summed E-state index contributed by atoms with van der Waals surface area (Å²) in [5.41, 5.74) is 1.62. The monoisotopic (exact) mass is 338 g/mol. The van der Waals surface area contributed by atoms with Crippen LogP contribution in [0.5, 0.6) is 11.5 Å². The van der Waals surface area contributed by atoms with Crippen molar-refractivity contribution in [3.63, 3.8) is 0 Å². The summed E-state index contributed by atoms with van der Waals surface area (Å²) in [5, 5.41) is 0.619. The molecular weight excluding hydrogens is 324 g/mol. The molecule has 0 radical (unpaired) electrons. The van der Waals surface area contributed by atoms with E-state index in [4.69, 9.17) is 20.8 Å².